The zero-order valence-electron chi connectivity index (χ0n) is 13.1. The summed E-state index contributed by atoms with van der Waals surface area (Å²) in [4.78, 5) is 20.3. The molecule has 0 saturated carbocycles. The van der Waals surface area contributed by atoms with Crippen molar-refractivity contribution in [3.63, 3.8) is 0 Å². The van der Waals surface area contributed by atoms with E-state index in [1.165, 1.54) is 11.9 Å². The summed E-state index contributed by atoms with van der Waals surface area (Å²) in [6.07, 6.45) is 3.84. The van der Waals surface area contributed by atoms with E-state index in [0.717, 1.165) is 16.2 Å². The highest BCUT2D eigenvalue weighted by molar-refractivity contribution is 7.97. The van der Waals surface area contributed by atoms with Crippen molar-refractivity contribution in [3.05, 3.63) is 77.9 Å². The second kappa shape index (κ2) is 8.92. The van der Waals surface area contributed by atoms with Crippen LogP contribution in [0, 0.1) is 0 Å². The first-order valence-electron chi connectivity index (χ1n) is 7.21. The molecule has 118 valence electrons. The van der Waals surface area contributed by atoms with Crippen LogP contribution in [0.15, 0.2) is 76.6 Å². The Labute approximate surface area is 140 Å². The molecule has 2 aromatic carbocycles. The Morgan fingerprint density at radius 1 is 1.09 bits per heavy atom. The van der Waals surface area contributed by atoms with Crippen LogP contribution in [0.4, 0.5) is 0 Å². The van der Waals surface area contributed by atoms with E-state index < -0.39 is 0 Å². The normalized spacial score (nSPS) is 11.7. The number of allylic oxidation sites excluding steroid dienone is 2. The van der Waals surface area contributed by atoms with Gasteiger partial charge in [-0.15, -0.1) is 0 Å². The fraction of sp³-hybridized carbons (Fsp3) is 0.111. The molecule has 0 spiro atoms. The van der Waals surface area contributed by atoms with Gasteiger partial charge in [-0.2, -0.15) is 4.83 Å². The lowest BCUT2D eigenvalue weighted by Gasteiger charge is -2.08. The van der Waals surface area contributed by atoms with Gasteiger partial charge in [-0.3, -0.25) is 15.2 Å². The number of hydrazine groups is 1. The smallest absolute Gasteiger partial charge is 0.266 e. The van der Waals surface area contributed by atoms with E-state index >= 15 is 0 Å². The van der Waals surface area contributed by atoms with Crippen LogP contribution >= 0.6 is 11.9 Å². The molecule has 1 amide bonds. The number of carbonyl (C=O) groups excluding carboxylic acids is 1. The van der Waals surface area contributed by atoms with E-state index in [-0.39, 0.29) is 5.91 Å². The van der Waals surface area contributed by atoms with Crippen LogP contribution in [0.2, 0.25) is 0 Å². The molecule has 0 aliphatic carbocycles. The number of amides is 1. The predicted octanol–water partition coefficient (Wildman–Crippen LogP) is 3.62. The molecule has 2 rings (SSSR count). The molecule has 0 saturated heterocycles. The summed E-state index contributed by atoms with van der Waals surface area (Å²) in [6.45, 7) is 1.94. The average molecular weight is 325 g/mol. The highest BCUT2D eigenvalue weighted by Crippen LogP contribution is 2.12. The monoisotopic (exact) mass is 325 g/mol. The van der Waals surface area contributed by atoms with Gasteiger partial charge in [0.1, 0.15) is 0 Å². The van der Waals surface area contributed by atoms with E-state index in [9.17, 15) is 4.79 Å². The van der Waals surface area contributed by atoms with Crippen molar-refractivity contribution in [2.24, 2.45) is 4.99 Å². The third-order valence-electron chi connectivity index (χ3n) is 3.06. The van der Waals surface area contributed by atoms with E-state index in [0.29, 0.717) is 5.56 Å². The lowest BCUT2D eigenvalue weighted by atomic mass is 10.1. The maximum Gasteiger partial charge on any atom is 0.266 e. The van der Waals surface area contributed by atoms with Gasteiger partial charge in [0.25, 0.3) is 5.91 Å². The lowest BCUT2D eigenvalue weighted by molar-refractivity contribution is 0.0947. The van der Waals surface area contributed by atoms with E-state index in [4.69, 9.17) is 0 Å². The van der Waals surface area contributed by atoms with Gasteiger partial charge in [0, 0.05) is 23.1 Å². The third kappa shape index (κ3) is 5.09. The van der Waals surface area contributed by atoms with Crippen molar-refractivity contribution in [3.8, 4) is 0 Å². The molecule has 0 aliphatic heterocycles. The third-order valence-corrected chi connectivity index (χ3v) is 3.77. The van der Waals surface area contributed by atoms with Crippen LogP contribution in [-0.4, -0.2) is 18.7 Å². The van der Waals surface area contributed by atoms with E-state index in [2.05, 4.69) is 15.2 Å². The number of rotatable bonds is 6. The second-order valence-corrected chi connectivity index (χ2v) is 5.54. The number of hydrogen-bond donors (Lipinski definition) is 2. The largest absolute Gasteiger partial charge is 0.288 e. The summed E-state index contributed by atoms with van der Waals surface area (Å²) in [6, 6.07) is 17.2. The molecule has 0 unspecified atom stereocenters. The SMILES string of the molecule is C/C=C\C(=NC)c1cccc(C(=O)NNSc2ccccc2)c1. The molecule has 0 atom stereocenters. The minimum atomic E-state index is -0.189. The molecule has 5 heteroatoms. The Balaban J connectivity index is 1.99. The zero-order valence-corrected chi connectivity index (χ0v) is 13.9. The van der Waals surface area contributed by atoms with Gasteiger partial charge in [0.15, 0.2) is 0 Å². The van der Waals surface area contributed by atoms with Crippen molar-refractivity contribution >= 4 is 23.6 Å². The van der Waals surface area contributed by atoms with Gasteiger partial charge in [-0.05, 0) is 49.2 Å². The number of nitrogens with one attached hydrogen (secondary N) is 2. The molecular formula is C18H19N3OS. The van der Waals surface area contributed by atoms with Crippen LogP contribution in [0.1, 0.15) is 22.8 Å². The minimum absolute atomic E-state index is 0.189. The fourth-order valence-corrected chi connectivity index (χ4v) is 2.52. The first-order valence-corrected chi connectivity index (χ1v) is 8.03. The Morgan fingerprint density at radius 2 is 1.83 bits per heavy atom. The molecule has 0 heterocycles. The van der Waals surface area contributed by atoms with Crippen molar-refractivity contribution in [2.45, 2.75) is 11.8 Å². The predicted molar refractivity (Wildman–Crippen MR) is 96.6 cm³/mol. The second-order valence-electron chi connectivity index (χ2n) is 4.66. The van der Waals surface area contributed by atoms with Crippen molar-refractivity contribution in [1.29, 1.82) is 0 Å². The van der Waals surface area contributed by atoms with E-state index in [1.54, 1.807) is 13.1 Å². The van der Waals surface area contributed by atoms with Crippen molar-refractivity contribution in [2.75, 3.05) is 7.05 Å². The molecule has 0 radical (unpaired) electrons. The quantitative estimate of drug-likeness (QED) is 0.484. The number of carbonyl (C=O) groups is 1. The minimum Gasteiger partial charge on any atom is -0.288 e. The molecule has 0 aliphatic rings. The Hall–Kier alpha value is -2.37. The van der Waals surface area contributed by atoms with Crippen LogP contribution in [0.5, 0.6) is 0 Å². The Bertz CT molecular complexity index is 711. The average Bonchev–Trinajstić information content (AvgIpc) is 2.60. The van der Waals surface area contributed by atoms with Gasteiger partial charge < -0.3 is 0 Å². The zero-order chi connectivity index (χ0) is 16.5. The summed E-state index contributed by atoms with van der Waals surface area (Å²) >= 11 is 1.35. The molecule has 2 N–H and O–H groups in total. The van der Waals surface area contributed by atoms with Crippen LogP contribution in [-0.2, 0) is 0 Å². The van der Waals surface area contributed by atoms with Gasteiger partial charge in [0.2, 0.25) is 0 Å². The molecule has 0 aromatic heterocycles. The number of benzene rings is 2. The van der Waals surface area contributed by atoms with Crippen LogP contribution in [0.3, 0.4) is 0 Å². The number of nitrogens with zero attached hydrogens (tertiary/aromatic N) is 1. The molecule has 4 nitrogen and oxygen atoms in total. The first-order chi connectivity index (χ1) is 11.2. The molecule has 0 fully saturated rings. The summed E-state index contributed by atoms with van der Waals surface area (Å²) < 4.78 is 0. The highest BCUT2D eigenvalue weighted by Gasteiger charge is 2.07. The maximum absolute atomic E-state index is 12.2. The Morgan fingerprint density at radius 3 is 2.52 bits per heavy atom. The fourth-order valence-electron chi connectivity index (χ4n) is 1.97. The first kappa shape index (κ1) is 17.0. The highest BCUT2D eigenvalue weighted by atomic mass is 32.2. The van der Waals surface area contributed by atoms with Crippen LogP contribution < -0.4 is 10.3 Å². The van der Waals surface area contributed by atoms with Crippen LogP contribution in [0.25, 0.3) is 0 Å². The van der Waals surface area contributed by atoms with E-state index in [1.807, 2.05) is 67.6 Å². The van der Waals surface area contributed by atoms with Crippen molar-refractivity contribution in [1.82, 2.24) is 10.3 Å². The van der Waals surface area contributed by atoms with Crippen molar-refractivity contribution < 1.29 is 4.79 Å². The molecular weight excluding hydrogens is 306 g/mol. The van der Waals surface area contributed by atoms with Gasteiger partial charge in [-0.25, -0.2) is 0 Å². The summed E-state index contributed by atoms with van der Waals surface area (Å²) in [5, 5.41) is 0. The topological polar surface area (TPSA) is 53.5 Å². The Kier molecular flexibility index (Phi) is 6.59. The lowest BCUT2D eigenvalue weighted by Crippen LogP contribution is -2.32. The molecule has 2 aromatic rings. The van der Waals surface area contributed by atoms with Gasteiger partial charge >= 0.3 is 0 Å². The van der Waals surface area contributed by atoms with Gasteiger partial charge in [-0.1, -0.05) is 36.4 Å². The molecule has 0 bridgehead atoms. The number of hydrogen-bond acceptors (Lipinski definition) is 4. The standard InChI is InChI=1S/C18H19N3OS/c1-3-8-17(19-2)14-9-7-10-15(13-14)18(22)20-21-23-16-11-5-4-6-12-16/h3-13,21H,1-2H3,(H,20,22)/b8-3-,19-17?. The maximum atomic E-state index is 12.2. The van der Waals surface area contributed by atoms with Gasteiger partial charge in [0.05, 0.1) is 5.71 Å². The molecule has 23 heavy (non-hydrogen) atoms. The summed E-state index contributed by atoms with van der Waals surface area (Å²) in [7, 11) is 1.74. The summed E-state index contributed by atoms with van der Waals surface area (Å²) in [5.41, 5.74) is 5.01. The summed E-state index contributed by atoms with van der Waals surface area (Å²) in [5.74, 6) is -0.189. The number of aliphatic imine (C=N–C) groups is 1.